The highest BCUT2D eigenvalue weighted by Crippen LogP contribution is 2.40. The summed E-state index contributed by atoms with van der Waals surface area (Å²) in [7, 11) is 0. The maximum Gasteiger partial charge on any atom is 0.319 e. The monoisotopic (exact) mass is 438 g/mol. The average molecular weight is 439 g/mol. The van der Waals surface area contributed by atoms with Gasteiger partial charge < -0.3 is 24.8 Å². The number of carbonyl (C=O) groups is 1. The molecule has 0 radical (unpaired) electrons. The lowest BCUT2D eigenvalue weighted by Gasteiger charge is -2.21. The number of unbranched alkanes of at least 4 members (excludes halogenated alkanes) is 2. The summed E-state index contributed by atoms with van der Waals surface area (Å²) in [5.74, 6) is 2.51. The van der Waals surface area contributed by atoms with E-state index in [1.165, 1.54) is 17.5 Å². The number of urea groups is 1. The quantitative estimate of drug-likeness (QED) is 0.461. The Morgan fingerprint density at radius 2 is 2.03 bits per heavy atom. The third kappa shape index (κ3) is 4.95. The van der Waals surface area contributed by atoms with Gasteiger partial charge in [0.1, 0.15) is 5.75 Å². The number of nitrogens with one attached hydrogen (secondary N) is 2. The summed E-state index contributed by atoms with van der Waals surface area (Å²) in [6, 6.07) is 9.91. The Kier molecular flexibility index (Phi) is 7.40. The van der Waals surface area contributed by atoms with Crippen molar-refractivity contribution in [2.75, 3.05) is 25.3 Å². The topological polar surface area (TPSA) is 68.8 Å². The Morgan fingerprint density at radius 1 is 1.12 bits per heavy atom. The number of aryl methyl sites for hydroxylation is 1. The molecule has 2 amide bonds. The molecule has 0 saturated carbocycles. The van der Waals surface area contributed by atoms with Crippen molar-refractivity contribution in [2.45, 2.75) is 64.7 Å². The maximum atomic E-state index is 12.9. The second-order valence-corrected chi connectivity index (χ2v) is 8.47. The second kappa shape index (κ2) is 10.6. The largest absolute Gasteiger partial charge is 0.492 e. The molecule has 2 N–H and O–H groups in total. The Labute approximate surface area is 190 Å². The number of hydrogen-bond acceptors (Lipinski definition) is 4. The van der Waals surface area contributed by atoms with E-state index in [9.17, 15) is 4.79 Å². The fourth-order valence-corrected chi connectivity index (χ4v) is 4.71. The third-order valence-corrected chi connectivity index (χ3v) is 6.31. The summed E-state index contributed by atoms with van der Waals surface area (Å²) in [6.45, 7) is 5.51. The maximum absolute atomic E-state index is 12.9. The molecule has 2 aromatic carbocycles. The molecular formula is C26H34N2O4. The molecule has 32 heavy (non-hydrogen) atoms. The van der Waals surface area contributed by atoms with E-state index >= 15 is 0 Å². The number of carbonyl (C=O) groups excluding carboxylic acids is 1. The van der Waals surface area contributed by atoms with Crippen LogP contribution in [0.1, 0.15) is 68.6 Å². The standard InChI is InChI=1S/C26H34N2O4/c1-3-5-6-9-19(21-12-8-13-23-25(21)32-17-31-23)16-27-26(29)28-24-20-11-7-10-18(20)14-15-22(24)30-4-2/h8,12-15,19H,3-7,9-11,16-17H2,1-2H3,(H2,27,28,29)/t19-/m0/s1. The molecule has 1 aliphatic carbocycles. The summed E-state index contributed by atoms with van der Waals surface area (Å²) in [4.78, 5) is 12.9. The molecular weight excluding hydrogens is 404 g/mol. The van der Waals surface area contributed by atoms with Gasteiger partial charge in [-0.15, -0.1) is 0 Å². The average Bonchev–Trinajstić information content (AvgIpc) is 3.47. The van der Waals surface area contributed by atoms with Gasteiger partial charge in [-0.2, -0.15) is 0 Å². The molecule has 172 valence electrons. The van der Waals surface area contributed by atoms with Crippen LogP contribution in [-0.2, 0) is 12.8 Å². The van der Waals surface area contributed by atoms with Gasteiger partial charge in [0.2, 0.25) is 6.79 Å². The SMILES string of the molecule is CCCCC[C@@H](CNC(=O)Nc1c(OCC)ccc2c1CCC2)c1cccc2c1OCO2. The number of benzene rings is 2. The summed E-state index contributed by atoms with van der Waals surface area (Å²) >= 11 is 0. The number of fused-ring (bicyclic) bond motifs is 2. The molecule has 1 aliphatic heterocycles. The predicted octanol–water partition coefficient (Wildman–Crippen LogP) is 5.79. The van der Waals surface area contributed by atoms with Crippen molar-refractivity contribution in [3.05, 3.63) is 47.0 Å². The van der Waals surface area contributed by atoms with Crippen molar-refractivity contribution in [1.82, 2.24) is 5.32 Å². The molecule has 6 heteroatoms. The highest BCUT2D eigenvalue weighted by Gasteiger charge is 2.24. The summed E-state index contributed by atoms with van der Waals surface area (Å²) in [5, 5.41) is 6.20. The molecule has 0 fully saturated rings. The number of ether oxygens (including phenoxy) is 3. The van der Waals surface area contributed by atoms with E-state index in [1.807, 2.05) is 25.1 Å². The van der Waals surface area contributed by atoms with Crippen LogP contribution in [0.25, 0.3) is 0 Å². The van der Waals surface area contributed by atoms with Gasteiger partial charge in [-0.3, -0.25) is 0 Å². The van der Waals surface area contributed by atoms with Crippen LogP contribution in [0.2, 0.25) is 0 Å². The summed E-state index contributed by atoms with van der Waals surface area (Å²) in [5.41, 5.74) is 4.43. The van der Waals surface area contributed by atoms with Gasteiger partial charge >= 0.3 is 6.03 Å². The van der Waals surface area contributed by atoms with E-state index in [2.05, 4.69) is 29.7 Å². The molecule has 0 unspecified atom stereocenters. The van der Waals surface area contributed by atoms with Gasteiger partial charge in [0.15, 0.2) is 11.5 Å². The van der Waals surface area contributed by atoms with Crippen molar-refractivity contribution in [1.29, 1.82) is 0 Å². The number of amides is 2. The van der Waals surface area contributed by atoms with Gasteiger partial charge in [-0.25, -0.2) is 4.79 Å². The number of rotatable bonds is 10. The lowest BCUT2D eigenvalue weighted by Crippen LogP contribution is -2.33. The van der Waals surface area contributed by atoms with Crippen LogP contribution in [0.15, 0.2) is 30.3 Å². The first-order chi connectivity index (χ1) is 15.7. The van der Waals surface area contributed by atoms with Crippen LogP contribution < -0.4 is 24.8 Å². The number of anilines is 1. The highest BCUT2D eigenvalue weighted by molar-refractivity contribution is 5.92. The van der Waals surface area contributed by atoms with Crippen molar-refractivity contribution in [2.24, 2.45) is 0 Å². The van der Waals surface area contributed by atoms with Gasteiger partial charge in [-0.05, 0) is 55.9 Å². The predicted molar refractivity (Wildman–Crippen MR) is 126 cm³/mol. The van der Waals surface area contributed by atoms with Crippen LogP contribution in [0.5, 0.6) is 17.2 Å². The Balaban J connectivity index is 1.47. The first-order valence-electron chi connectivity index (χ1n) is 11.9. The lowest BCUT2D eigenvalue weighted by atomic mass is 9.92. The molecule has 4 rings (SSSR count). The Morgan fingerprint density at radius 3 is 2.88 bits per heavy atom. The number of hydrogen-bond donors (Lipinski definition) is 2. The molecule has 0 spiro atoms. The van der Waals surface area contributed by atoms with E-state index in [1.54, 1.807) is 0 Å². The minimum Gasteiger partial charge on any atom is -0.492 e. The Bertz CT molecular complexity index is 944. The van der Waals surface area contributed by atoms with Crippen LogP contribution >= 0.6 is 0 Å². The van der Waals surface area contributed by atoms with Gasteiger partial charge in [-0.1, -0.05) is 44.4 Å². The van der Waals surface area contributed by atoms with Gasteiger partial charge in [0, 0.05) is 18.0 Å². The minimum atomic E-state index is -0.198. The minimum absolute atomic E-state index is 0.164. The fraction of sp³-hybridized carbons (Fsp3) is 0.500. The zero-order chi connectivity index (χ0) is 22.3. The fourth-order valence-electron chi connectivity index (χ4n) is 4.71. The van der Waals surface area contributed by atoms with Gasteiger partial charge in [0.25, 0.3) is 0 Å². The van der Waals surface area contributed by atoms with Crippen molar-refractivity contribution >= 4 is 11.7 Å². The van der Waals surface area contributed by atoms with Crippen molar-refractivity contribution < 1.29 is 19.0 Å². The van der Waals surface area contributed by atoms with E-state index in [4.69, 9.17) is 14.2 Å². The van der Waals surface area contributed by atoms with Crippen molar-refractivity contribution in [3.8, 4) is 17.2 Å². The van der Waals surface area contributed by atoms with Gasteiger partial charge in [0.05, 0.1) is 12.3 Å². The number of para-hydroxylation sites is 1. The molecule has 1 atom stereocenters. The second-order valence-electron chi connectivity index (χ2n) is 8.47. The molecule has 0 saturated heterocycles. The summed E-state index contributed by atoms with van der Waals surface area (Å²) < 4.78 is 17.1. The van der Waals surface area contributed by atoms with E-state index in [0.717, 1.165) is 67.0 Å². The summed E-state index contributed by atoms with van der Waals surface area (Å²) in [6.07, 6.45) is 7.56. The molecule has 1 heterocycles. The van der Waals surface area contributed by atoms with Crippen LogP contribution in [0, 0.1) is 0 Å². The Hall–Kier alpha value is -2.89. The smallest absolute Gasteiger partial charge is 0.319 e. The van der Waals surface area contributed by atoms with Crippen LogP contribution in [0.3, 0.4) is 0 Å². The zero-order valence-corrected chi connectivity index (χ0v) is 19.2. The zero-order valence-electron chi connectivity index (χ0n) is 19.2. The van der Waals surface area contributed by atoms with Crippen LogP contribution in [-0.4, -0.2) is 26.0 Å². The normalized spacial score (nSPS) is 14.7. The highest BCUT2D eigenvalue weighted by atomic mass is 16.7. The van der Waals surface area contributed by atoms with Crippen molar-refractivity contribution in [3.63, 3.8) is 0 Å². The van der Waals surface area contributed by atoms with E-state index < -0.39 is 0 Å². The van der Waals surface area contributed by atoms with Crippen LogP contribution in [0.4, 0.5) is 10.5 Å². The first-order valence-corrected chi connectivity index (χ1v) is 11.9. The van der Waals surface area contributed by atoms with E-state index in [-0.39, 0.29) is 18.7 Å². The lowest BCUT2D eigenvalue weighted by molar-refractivity contribution is 0.173. The molecule has 2 aliphatic rings. The molecule has 0 bridgehead atoms. The molecule has 6 nitrogen and oxygen atoms in total. The molecule has 2 aromatic rings. The first kappa shape index (κ1) is 22.3. The van der Waals surface area contributed by atoms with E-state index in [0.29, 0.717) is 13.2 Å². The third-order valence-electron chi connectivity index (χ3n) is 6.31. The molecule has 0 aromatic heterocycles.